The zero-order valence-corrected chi connectivity index (χ0v) is 14.5. The lowest BCUT2D eigenvalue weighted by Crippen LogP contribution is -2.18. The number of phenols is 1. The highest BCUT2D eigenvalue weighted by Crippen LogP contribution is 2.26. The monoisotopic (exact) mass is 374 g/mol. The van der Waals surface area contributed by atoms with E-state index in [0.717, 1.165) is 23.8 Å². The van der Waals surface area contributed by atoms with Crippen molar-refractivity contribution in [2.75, 3.05) is 5.32 Å². The molecule has 0 radical (unpaired) electrons. The molecule has 2 aromatic rings. The van der Waals surface area contributed by atoms with Gasteiger partial charge in [0.05, 0.1) is 0 Å². The van der Waals surface area contributed by atoms with E-state index >= 15 is 0 Å². The molecule has 4 N–H and O–H groups in total. The molecule has 0 unspecified atom stereocenters. The number of halogens is 1. The van der Waals surface area contributed by atoms with Crippen molar-refractivity contribution in [2.24, 2.45) is 0 Å². The standard InChI is InChI=1S/C19H19FN2O5/c1-12-5-8-14(9-6-12)21-19(25)27-17(3-2-4-18(24)22-26)13-7-10-16(23)15(20)11-13/h2,4-11,17,23,26H,3H2,1H3,(H,21,25)(H,22,24)/b4-2+/t17-/m1/s1. The normalized spacial score (nSPS) is 11.8. The van der Waals surface area contributed by atoms with Crippen LogP contribution < -0.4 is 10.8 Å². The van der Waals surface area contributed by atoms with Crippen LogP contribution in [-0.2, 0) is 9.53 Å². The quantitative estimate of drug-likeness (QED) is 0.351. The van der Waals surface area contributed by atoms with Crippen molar-refractivity contribution >= 4 is 17.7 Å². The average Bonchev–Trinajstić information content (AvgIpc) is 2.65. The molecule has 2 aromatic carbocycles. The van der Waals surface area contributed by atoms with Crippen molar-refractivity contribution in [3.63, 3.8) is 0 Å². The molecule has 0 saturated heterocycles. The first-order valence-electron chi connectivity index (χ1n) is 8.02. The van der Waals surface area contributed by atoms with E-state index in [1.54, 1.807) is 12.1 Å². The molecule has 142 valence electrons. The highest BCUT2D eigenvalue weighted by Gasteiger charge is 2.18. The van der Waals surface area contributed by atoms with Crippen molar-refractivity contribution in [3.8, 4) is 5.75 Å². The number of nitrogens with one attached hydrogen (secondary N) is 2. The van der Waals surface area contributed by atoms with Gasteiger partial charge < -0.3 is 9.84 Å². The number of hydrogen-bond acceptors (Lipinski definition) is 5. The van der Waals surface area contributed by atoms with Crippen LogP contribution in [0.5, 0.6) is 5.75 Å². The summed E-state index contributed by atoms with van der Waals surface area (Å²) in [7, 11) is 0. The van der Waals surface area contributed by atoms with Gasteiger partial charge in [0, 0.05) is 18.2 Å². The molecule has 0 spiro atoms. The van der Waals surface area contributed by atoms with E-state index in [0.29, 0.717) is 11.3 Å². The summed E-state index contributed by atoms with van der Waals surface area (Å²) in [6, 6.07) is 10.6. The fourth-order valence-electron chi connectivity index (χ4n) is 2.23. The molecule has 0 aromatic heterocycles. The molecule has 0 fully saturated rings. The average molecular weight is 374 g/mol. The molecule has 2 amide bonds. The lowest BCUT2D eigenvalue weighted by Gasteiger charge is -2.18. The number of benzene rings is 2. The Labute approximate surface area is 155 Å². The van der Waals surface area contributed by atoms with Crippen LogP contribution >= 0.6 is 0 Å². The molecule has 0 heterocycles. The Morgan fingerprint density at radius 3 is 2.56 bits per heavy atom. The van der Waals surface area contributed by atoms with Crippen molar-refractivity contribution in [2.45, 2.75) is 19.4 Å². The smallest absolute Gasteiger partial charge is 0.412 e. The van der Waals surface area contributed by atoms with Crippen LogP contribution in [0.1, 0.15) is 23.7 Å². The Bertz CT molecular complexity index is 836. The minimum Gasteiger partial charge on any atom is -0.505 e. The summed E-state index contributed by atoms with van der Waals surface area (Å²) < 4.78 is 19.0. The molecule has 1 atom stereocenters. The Morgan fingerprint density at radius 1 is 1.22 bits per heavy atom. The number of aryl methyl sites for hydroxylation is 1. The maximum absolute atomic E-state index is 13.6. The first kappa shape index (κ1) is 19.9. The van der Waals surface area contributed by atoms with Gasteiger partial charge >= 0.3 is 6.09 Å². The molecule has 2 rings (SSSR count). The Hall–Kier alpha value is -3.39. The van der Waals surface area contributed by atoms with Gasteiger partial charge in [0.25, 0.3) is 5.91 Å². The van der Waals surface area contributed by atoms with Crippen LogP contribution in [0, 0.1) is 12.7 Å². The molecule has 7 nitrogen and oxygen atoms in total. The third kappa shape index (κ3) is 6.12. The molecular formula is C19H19FN2O5. The van der Waals surface area contributed by atoms with E-state index in [9.17, 15) is 19.1 Å². The lowest BCUT2D eigenvalue weighted by molar-refractivity contribution is -0.124. The van der Waals surface area contributed by atoms with Crippen molar-refractivity contribution in [1.82, 2.24) is 5.48 Å². The molecular weight excluding hydrogens is 355 g/mol. The van der Waals surface area contributed by atoms with Gasteiger partial charge in [0.1, 0.15) is 6.10 Å². The number of carbonyl (C=O) groups excluding carboxylic acids is 2. The van der Waals surface area contributed by atoms with Gasteiger partial charge in [-0.2, -0.15) is 0 Å². The Kier molecular flexibility index (Phi) is 6.90. The number of ether oxygens (including phenoxy) is 1. The van der Waals surface area contributed by atoms with Crippen molar-refractivity contribution in [3.05, 3.63) is 71.6 Å². The summed E-state index contributed by atoms with van der Waals surface area (Å²) in [5.74, 6) is -2.15. The van der Waals surface area contributed by atoms with Gasteiger partial charge in [-0.25, -0.2) is 14.7 Å². The third-order valence-electron chi connectivity index (χ3n) is 3.62. The lowest BCUT2D eigenvalue weighted by atomic mass is 10.1. The van der Waals surface area contributed by atoms with Gasteiger partial charge in [-0.3, -0.25) is 15.3 Å². The van der Waals surface area contributed by atoms with Crippen molar-refractivity contribution in [1.29, 1.82) is 0 Å². The number of amides is 2. The predicted molar refractivity (Wildman–Crippen MR) is 95.8 cm³/mol. The molecule has 8 heteroatoms. The highest BCUT2D eigenvalue weighted by molar-refractivity contribution is 5.86. The van der Waals surface area contributed by atoms with Gasteiger partial charge in [-0.05, 0) is 36.8 Å². The zero-order valence-electron chi connectivity index (χ0n) is 14.5. The summed E-state index contributed by atoms with van der Waals surface area (Å²) in [4.78, 5) is 23.2. The van der Waals surface area contributed by atoms with E-state index in [1.165, 1.54) is 17.6 Å². The number of anilines is 1. The minimum atomic E-state index is -0.923. The second-order valence-corrected chi connectivity index (χ2v) is 5.71. The van der Waals surface area contributed by atoms with E-state index in [2.05, 4.69) is 5.32 Å². The van der Waals surface area contributed by atoms with E-state index in [4.69, 9.17) is 9.94 Å². The first-order valence-corrected chi connectivity index (χ1v) is 8.02. The van der Waals surface area contributed by atoms with Crippen LogP contribution in [0.3, 0.4) is 0 Å². The number of rotatable bonds is 6. The number of aromatic hydroxyl groups is 1. The van der Waals surface area contributed by atoms with Crippen LogP contribution in [0.4, 0.5) is 14.9 Å². The molecule has 0 aliphatic heterocycles. The number of phenolic OH excluding ortho intramolecular Hbond substituents is 1. The van der Waals surface area contributed by atoms with Crippen LogP contribution in [0.15, 0.2) is 54.6 Å². The SMILES string of the molecule is Cc1ccc(NC(=O)O[C@H](C/C=C/C(=O)NO)c2ccc(O)c(F)c2)cc1. The van der Waals surface area contributed by atoms with Crippen molar-refractivity contribution < 1.29 is 29.0 Å². The second-order valence-electron chi connectivity index (χ2n) is 5.71. The fourth-order valence-corrected chi connectivity index (χ4v) is 2.23. The summed E-state index contributed by atoms with van der Waals surface area (Å²) in [6.45, 7) is 1.91. The molecule has 0 bridgehead atoms. The van der Waals surface area contributed by atoms with Gasteiger partial charge in [0.2, 0.25) is 0 Å². The number of carbonyl (C=O) groups is 2. The fraction of sp³-hybridized carbons (Fsp3) is 0.158. The van der Waals surface area contributed by atoms with Gasteiger partial charge in [0.15, 0.2) is 11.6 Å². The topological polar surface area (TPSA) is 108 Å². The van der Waals surface area contributed by atoms with E-state index in [1.807, 2.05) is 19.1 Å². The zero-order chi connectivity index (χ0) is 19.8. The minimum absolute atomic E-state index is 0.0406. The van der Waals surface area contributed by atoms with E-state index < -0.39 is 29.7 Å². The molecule has 0 saturated carbocycles. The molecule has 0 aliphatic carbocycles. The highest BCUT2D eigenvalue weighted by atomic mass is 19.1. The number of hydroxylamine groups is 1. The van der Waals surface area contributed by atoms with Gasteiger partial charge in [-0.1, -0.05) is 29.8 Å². The van der Waals surface area contributed by atoms with E-state index in [-0.39, 0.29) is 6.42 Å². The number of hydrogen-bond donors (Lipinski definition) is 4. The Morgan fingerprint density at radius 2 is 1.93 bits per heavy atom. The maximum Gasteiger partial charge on any atom is 0.412 e. The molecule has 27 heavy (non-hydrogen) atoms. The van der Waals surface area contributed by atoms with Crippen LogP contribution in [-0.4, -0.2) is 22.3 Å². The maximum atomic E-state index is 13.6. The van der Waals surface area contributed by atoms with Crippen LogP contribution in [0.25, 0.3) is 0 Å². The summed E-state index contributed by atoms with van der Waals surface area (Å²) >= 11 is 0. The third-order valence-corrected chi connectivity index (χ3v) is 3.62. The Balaban J connectivity index is 2.13. The first-order chi connectivity index (χ1) is 12.9. The second kappa shape index (κ2) is 9.35. The van der Waals surface area contributed by atoms with Crippen LogP contribution in [0.2, 0.25) is 0 Å². The summed E-state index contributed by atoms with van der Waals surface area (Å²) in [5, 5.41) is 20.4. The molecule has 0 aliphatic rings. The largest absolute Gasteiger partial charge is 0.505 e. The summed E-state index contributed by atoms with van der Waals surface area (Å²) in [6.07, 6.45) is 0.759. The van der Waals surface area contributed by atoms with Gasteiger partial charge in [-0.15, -0.1) is 0 Å². The summed E-state index contributed by atoms with van der Waals surface area (Å²) in [5.41, 5.74) is 3.28. The predicted octanol–water partition coefficient (Wildman–Crippen LogP) is 3.58.